The van der Waals surface area contributed by atoms with Crippen LogP contribution in [0.15, 0.2) is 182 Å². The summed E-state index contributed by atoms with van der Waals surface area (Å²) in [6, 6.07) is 59.7. The SMILES string of the molecule is c1ccc(-c2ccc(-c3nc(-c4cc(-c5ccccc5)c5ccccc5c4)nc(-c4cccc5c4ccc4c6ccncc6ccc54)n3)cc2)cc1. The van der Waals surface area contributed by atoms with Crippen LogP contribution < -0.4 is 0 Å². The Bertz CT molecular complexity index is 2940. The van der Waals surface area contributed by atoms with Gasteiger partial charge >= 0.3 is 0 Å². The highest BCUT2D eigenvalue weighted by Crippen LogP contribution is 2.38. The average Bonchev–Trinajstić information content (AvgIpc) is 3.23. The monoisotopic (exact) mass is 662 g/mol. The fraction of sp³-hybridized carbons (Fsp3) is 0. The van der Waals surface area contributed by atoms with Gasteiger partial charge in [0, 0.05) is 34.5 Å². The van der Waals surface area contributed by atoms with Crippen molar-refractivity contribution >= 4 is 43.1 Å². The lowest BCUT2D eigenvalue weighted by atomic mass is 9.95. The highest BCUT2D eigenvalue weighted by atomic mass is 15.0. The molecule has 52 heavy (non-hydrogen) atoms. The van der Waals surface area contributed by atoms with E-state index in [0.717, 1.165) is 54.9 Å². The first-order valence-electron chi connectivity index (χ1n) is 17.5. The predicted molar refractivity (Wildman–Crippen MR) is 215 cm³/mol. The summed E-state index contributed by atoms with van der Waals surface area (Å²) in [4.78, 5) is 20.0. The van der Waals surface area contributed by atoms with E-state index in [9.17, 15) is 0 Å². The van der Waals surface area contributed by atoms with Crippen molar-refractivity contribution in [1.29, 1.82) is 0 Å². The summed E-state index contributed by atoms with van der Waals surface area (Å²) in [6.45, 7) is 0. The quantitative estimate of drug-likeness (QED) is 0.172. The molecule has 2 heterocycles. The summed E-state index contributed by atoms with van der Waals surface area (Å²) in [5.41, 5.74) is 7.43. The molecule has 0 unspecified atom stereocenters. The highest BCUT2D eigenvalue weighted by molar-refractivity contribution is 6.19. The van der Waals surface area contributed by atoms with Crippen molar-refractivity contribution in [2.45, 2.75) is 0 Å². The molecule has 8 aromatic carbocycles. The van der Waals surface area contributed by atoms with Crippen molar-refractivity contribution in [3.8, 4) is 56.4 Å². The Hall–Kier alpha value is -7.04. The van der Waals surface area contributed by atoms with Gasteiger partial charge in [0.25, 0.3) is 0 Å². The number of nitrogens with zero attached hydrogens (tertiary/aromatic N) is 4. The van der Waals surface area contributed by atoms with Crippen LogP contribution >= 0.6 is 0 Å². The molecule has 4 heteroatoms. The number of benzene rings is 8. The maximum Gasteiger partial charge on any atom is 0.164 e. The predicted octanol–water partition coefficient (Wildman–Crippen LogP) is 12.2. The minimum atomic E-state index is 0.630. The Labute approximate surface area is 300 Å². The third kappa shape index (κ3) is 5.17. The molecule has 0 fully saturated rings. The van der Waals surface area contributed by atoms with Crippen molar-refractivity contribution in [3.63, 3.8) is 0 Å². The molecule has 0 N–H and O–H groups in total. The number of hydrogen-bond donors (Lipinski definition) is 0. The van der Waals surface area contributed by atoms with Gasteiger partial charge in [-0.1, -0.05) is 152 Å². The standard InChI is InChI=1S/C48H30N4/c1-3-10-31(11-4-1)32-18-20-34(21-19-32)46-50-47(37-28-35-14-7-8-15-38(35)45(29-37)33-12-5-2-6-13-33)52-48(51-46)44-17-9-16-40-42-23-22-36-30-49-27-26-39(36)41(42)24-25-43(40)44/h1-30H. The van der Waals surface area contributed by atoms with Crippen LogP contribution in [0.25, 0.3) is 99.5 Å². The Morgan fingerprint density at radius 1 is 0.288 bits per heavy atom. The normalized spacial score (nSPS) is 11.5. The van der Waals surface area contributed by atoms with Gasteiger partial charge in [-0.2, -0.15) is 0 Å². The lowest BCUT2D eigenvalue weighted by Crippen LogP contribution is -2.01. The van der Waals surface area contributed by atoms with E-state index >= 15 is 0 Å². The largest absolute Gasteiger partial charge is 0.264 e. The van der Waals surface area contributed by atoms with Gasteiger partial charge in [0.2, 0.25) is 0 Å². The minimum absolute atomic E-state index is 0.630. The van der Waals surface area contributed by atoms with Crippen LogP contribution in [0.2, 0.25) is 0 Å². The lowest BCUT2D eigenvalue weighted by molar-refractivity contribution is 1.08. The number of rotatable bonds is 5. The summed E-state index contributed by atoms with van der Waals surface area (Å²) in [5, 5.41) is 9.27. The van der Waals surface area contributed by atoms with Crippen LogP contribution in [0, 0.1) is 0 Å². The zero-order valence-electron chi connectivity index (χ0n) is 28.1. The molecule has 0 amide bonds. The first-order valence-corrected chi connectivity index (χ1v) is 17.5. The van der Waals surface area contributed by atoms with E-state index < -0.39 is 0 Å². The van der Waals surface area contributed by atoms with Crippen LogP contribution in [0.3, 0.4) is 0 Å². The Balaban J connectivity index is 1.20. The molecule has 0 radical (unpaired) electrons. The maximum absolute atomic E-state index is 5.26. The lowest BCUT2D eigenvalue weighted by Gasteiger charge is -2.14. The van der Waals surface area contributed by atoms with E-state index in [0.29, 0.717) is 17.5 Å². The number of aromatic nitrogens is 4. The molecule has 0 aliphatic carbocycles. The molecule has 2 aromatic heterocycles. The van der Waals surface area contributed by atoms with Gasteiger partial charge in [-0.25, -0.2) is 15.0 Å². The van der Waals surface area contributed by atoms with E-state index in [1.807, 2.05) is 18.5 Å². The third-order valence-electron chi connectivity index (χ3n) is 10.0. The van der Waals surface area contributed by atoms with Gasteiger partial charge in [-0.3, -0.25) is 4.98 Å². The van der Waals surface area contributed by atoms with Crippen molar-refractivity contribution < 1.29 is 0 Å². The van der Waals surface area contributed by atoms with E-state index in [2.05, 4.69) is 169 Å². The third-order valence-corrected chi connectivity index (χ3v) is 10.0. The second-order valence-electron chi connectivity index (χ2n) is 13.1. The molecule has 0 spiro atoms. The molecule has 0 aliphatic rings. The summed E-state index contributed by atoms with van der Waals surface area (Å²) in [7, 11) is 0. The molecule has 10 rings (SSSR count). The average molecular weight is 663 g/mol. The fourth-order valence-corrected chi connectivity index (χ4v) is 7.44. The van der Waals surface area contributed by atoms with Gasteiger partial charge < -0.3 is 0 Å². The zero-order chi connectivity index (χ0) is 34.4. The molecule has 242 valence electrons. The fourth-order valence-electron chi connectivity index (χ4n) is 7.44. The van der Waals surface area contributed by atoms with Gasteiger partial charge in [-0.15, -0.1) is 0 Å². The minimum Gasteiger partial charge on any atom is -0.264 e. The molecule has 0 saturated carbocycles. The van der Waals surface area contributed by atoms with Crippen molar-refractivity contribution in [1.82, 2.24) is 19.9 Å². The molecular weight excluding hydrogens is 633 g/mol. The summed E-state index contributed by atoms with van der Waals surface area (Å²) >= 11 is 0. The Kier molecular flexibility index (Phi) is 7.10. The molecule has 10 aromatic rings. The molecule has 0 saturated heterocycles. The van der Waals surface area contributed by atoms with Gasteiger partial charge in [-0.05, 0) is 78.2 Å². The van der Waals surface area contributed by atoms with Crippen molar-refractivity contribution in [2.24, 2.45) is 0 Å². The Morgan fingerprint density at radius 3 is 1.71 bits per heavy atom. The zero-order valence-corrected chi connectivity index (χ0v) is 28.1. The van der Waals surface area contributed by atoms with Crippen LogP contribution in [0.4, 0.5) is 0 Å². The van der Waals surface area contributed by atoms with Crippen LogP contribution in [0.5, 0.6) is 0 Å². The summed E-state index contributed by atoms with van der Waals surface area (Å²) in [6.07, 6.45) is 3.78. The van der Waals surface area contributed by atoms with E-state index in [4.69, 9.17) is 15.0 Å². The van der Waals surface area contributed by atoms with Gasteiger partial charge in [0.05, 0.1) is 0 Å². The van der Waals surface area contributed by atoms with Crippen LogP contribution in [-0.4, -0.2) is 19.9 Å². The highest BCUT2D eigenvalue weighted by Gasteiger charge is 2.17. The number of pyridine rings is 1. The van der Waals surface area contributed by atoms with E-state index in [1.165, 1.54) is 27.1 Å². The molecule has 0 bridgehead atoms. The van der Waals surface area contributed by atoms with Gasteiger partial charge in [0.1, 0.15) is 0 Å². The first-order chi connectivity index (χ1) is 25.8. The molecular formula is C48H30N4. The second kappa shape index (κ2) is 12.4. The summed E-state index contributed by atoms with van der Waals surface area (Å²) in [5.74, 6) is 1.90. The van der Waals surface area contributed by atoms with Crippen LogP contribution in [-0.2, 0) is 0 Å². The molecule has 0 aliphatic heterocycles. The Morgan fingerprint density at radius 2 is 0.885 bits per heavy atom. The van der Waals surface area contributed by atoms with Crippen molar-refractivity contribution in [2.75, 3.05) is 0 Å². The smallest absolute Gasteiger partial charge is 0.164 e. The molecule has 0 atom stereocenters. The summed E-state index contributed by atoms with van der Waals surface area (Å²) < 4.78 is 0. The van der Waals surface area contributed by atoms with Gasteiger partial charge in [0.15, 0.2) is 17.5 Å². The number of fused-ring (bicyclic) bond motifs is 6. The second-order valence-corrected chi connectivity index (χ2v) is 13.1. The number of hydrogen-bond acceptors (Lipinski definition) is 4. The van der Waals surface area contributed by atoms with Crippen LogP contribution in [0.1, 0.15) is 0 Å². The molecule has 4 nitrogen and oxygen atoms in total. The first kappa shape index (κ1) is 29.8. The maximum atomic E-state index is 5.26. The van der Waals surface area contributed by atoms with E-state index in [1.54, 1.807) is 0 Å². The topological polar surface area (TPSA) is 51.6 Å². The van der Waals surface area contributed by atoms with Crippen molar-refractivity contribution in [3.05, 3.63) is 182 Å². The van der Waals surface area contributed by atoms with E-state index in [-0.39, 0.29) is 0 Å².